The highest BCUT2D eigenvalue weighted by molar-refractivity contribution is 6.08. The Kier molecular flexibility index (Phi) is 10.9. The largest absolute Gasteiger partial charge is 0.354 e. The number of amides is 4. The number of alkyl halides is 2. The number of benzene rings is 1. The van der Waals surface area contributed by atoms with E-state index < -0.39 is 29.9 Å². The maximum atomic E-state index is 14.3. The fourth-order valence-electron chi connectivity index (χ4n) is 9.98. The summed E-state index contributed by atoms with van der Waals surface area (Å²) in [4.78, 5) is 62.4. The molecule has 4 aliphatic heterocycles. The van der Waals surface area contributed by atoms with Gasteiger partial charge >= 0.3 is 0 Å². The summed E-state index contributed by atoms with van der Waals surface area (Å²) >= 11 is 0. The van der Waals surface area contributed by atoms with E-state index >= 15 is 0 Å². The molecule has 1 aromatic carbocycles. The minimum Gasteiger partial charge on any atom is -0.354 e. The quantitative estimate of drug-likeness (QED) is 0.140. The molecule has 4 aromatic heterocycles. The van der Waals surface area contributed by atoms with Gasteiger partial charge in [-0.05, 0) is 69.1 Å². The van der Waals surface area contributed by atoms with Gasteiger partial charge in [-0.3, -0.25) is 34.1 Å². The van der Waals surface area contributed by atoms with E-state index in [-0.39, 0.29) is 42.1 Å². The molecule has 4 saturated heterocycles. The average Bonchev–Trinajstić information content (AvgIpc) is 4.07. The Morgan fingerprint density at radius 1 is 0.919 bits per heavy atom. The molecule has 1 saturated carbocycles. The second-order valence-corrected chi connectivity index (χ2v) is 17.4. The average molecular weight is 854 g/mol. The summed E-state index contributed by atoms with van der Waals surface area (Å²) in [7, 11) is 0. The van der Waals surface area contributed by atoms with E-state index in [1.54, 1.807) is 29.1 Å². The Morgan fingerprint density at radius 2 is 1.69 bits per heavy atom. The summed E-state index contributed by atoms with van der Waals surface area (Å²) in [5.41, 5.74) is 1.41. The van der Waals surface area contributed by atoms with Crippen molar-refractivity contribution in [1.82, 2.24) is 50.0 Å². The number of piperazine rings is 2. The standard InChI is InChI=1S/C42H49F2N13O5/c43-39(44)37-32(48-42(61)30-18-45-56-13-12-33(49-40(30)56)55-20-25-6-7-26(21-55)46-25)22-57(51-37)27-8-4-24(5-9-27)19-53-14-16-54(17-15-53)23-35(59)47-31-3-1-2-28-36(52-62-38(28)31)29-10-11-34(58)50-41(29)60/h1-3,12-13,18,22,24-27,29,39,46H,4-11,14-17,19-21,23H2,(H,47,59)(H,48,61)(H,50,58,60)/t24-,25?,26?,27-,29-/m1/s1. The molecule has 2 bridgehead atoms. The van der Waals surface area contributed by atoms with Crippen LogP contribution in [0.1, 0.15) is 91.5 Å². The van der Waals surface area contributed by atoms with Gasteiger partial charge in [-0.1, -0.05) is 11.2 Å². The maximum absolute atomic E-state index is 14.3. The number of halogens is 2. The lowest BCUT2D eigenvalue weighted by Crippen LogP contribution is -2.51. The Bertz CT molecular complexity index is 2490. The van der Waals surface area contributed by atoms with E-state index in [0.29, 0.717) is 52.4 Å². The molecule has 18 nitrogen and oxygen atoms in total. The first kappa shape index (κ1) is 40.2. The molecule has 326 valence electrons. The Labute approximate surface area is 354 Å². The number of carbonyl (C=O) groups excluding carboxylic acids is 4. The van der Waals surface area contributed by atoms with Crippen LogP contribution in [0.3, 0.4) is 0 Å². The third-order valence-corrected chi connectivity index (χ3v) is 13.3. The number of nitrogens with zero attached hydrogens (tertiary/aromatic N) is 9. The molecule has 3 atom stereocenters. The van der Waals surface area contributed by atoms with Crippen molar-refractivity contribution in [3.8, 4) is 0 Å². The van der Waals surface area contributed by atoms with Gasteiger partial charge in [0, 0.05) is 82.1 Å². The molecule has 1 aliphatic carbocycles. The zero-order valence-electron chi connectivity index (χ0n) is 34.1. The first-order valence-corrected chi connectivity index (χ1v) is 21.6. The maximum Gasteiger partial charge on any atom is 0.284 e. The molecule has 8 heterocycles. The normalized spacial score (nSPS) is 24.9. The lowest BCUT2D eigenvalue weighted by atomic mass is 9.85. The zero-order valence-corrected chi connectivity index (χ0v) is 34.1. The third-order valence-electron chi connectivity index (χ3n) is 13.3. The molecule has 5 aliphatic rings. The molecule has 4 N–H and O–H groups in total. The molecule has 2 unspecified atom stereocenters. The van der Waals surface area contributed by atoms with Gasteiger partial charge in [0.1, 0.15) is 17.1 Å². The zero-order chi connectivity index (χ0) is 42.5. The van der Waals surface area contributed by atoms with Gasteiger partial charge in [0.25, 0.3) is 12.3 Å². The van der Waals surface area contributed by atoms with E-state index in [2.05, 4.69) is 51.3 Å². The monoisotopic (exact) mass is 853 g/mol. The summed E-state index contributed by atoms with van der Waals surface area (Å²) in [5, 5.41) is 25.0. The number of piperidine rings is 1. The SMILES string of the molecule is O=C1CC[C@H](c2noc3c(NC(=O)CN4CCN(C[C@H]5CC[C@H](n6cc(NC(=O)c7cnn8ccc(N9CC%10CCC(C9)N%10)nc78)c(C(F)F)n6)CC5)CC4)cccc23)C(=O)N1. The summed E-state index contributed by atoms with van der Waals surface area (Å²) in [6.07, 6.45) is 8.08. The van der Waals surface area contributed by atoms with Gasteiger partial charge in [0.05, 0.1) is 36.1 Å². The van der Waals surface area contributed by atoms with Gasteiger partial charge in [0.15, 0.2) is 16.9 Å². The van der Waals surface area contributed by atoms with E-state index in [1.807, 2.05) is 6.07 Å². The van der Waals surface area contributed by atoms with Crippen molar-refractivity contribution in [2.45, 2.75) is 81.8 Å². The molecule has 10 rings (SSSR count). The number of aromatic nitrogens is 6. The van der Waals surface area contributed by atoms with Crippen LogP contribution in [0.2, 0.25) is 0 Å². The first-order chi connectivity index (χ1) is 30.1. The van der Waals surface area contributed by atoms with Crippen LogP contribution >= 0.6 is 0 Å². The second kappa shape index (κ2) is 16.8. The minimum absolute atomic E-state index is 0.0122. The van der Waals surface area contributed by atoms with Crippen LogP contribution < -0.4 is 26.2 Å². The van der Waals surface area contributed by atoms with E-state index in [0.717, 1.165) is 90.2 Å². The van der Waals surface area contributed by atoms with Crippen molar-refractivity contribution in [2.24, 2.45) is 5.92 Å². The highest BCUT2D eigenvalue weighted by Crippen LogP contribution is 2.37. The van der Waals surface area contributed by atoms with Gasteiger partial charge in [-0.25, -0.2) is 18.3 Å². The van der Waals surface area contributed by atoms with Crippen LogP contribution in [-0.2, 0) is 14.4 Å². The molecular formula is C42H49F2N13O5. The topological polar surface area (TPSA) is 200 Å². The Morgan fingerprint density at radius 3 is 2.45 bits per heavy atom. The van der Waals surface area contributed by atoms with Crippen LogP contribution in [0, 0.1) is 5.92 Å². The molecule has 20 heteroatoms. The first-order valence-electron chi connectivity index (χ1n) is 21.6. The van der Waals surface area contributed by atoms with Gasteiger partial charge in [-0.15, -0.1) is 0 Å². The van der Waals surface area contributed by atoms with Crippen molar-refractivity contribution >= 4 is 57.4 Å². The van der Waals surface area contributed by atoms with Crippen LogP contribution in [0.25, 0.3) is 16.6 Å². The molecule has 4 amide bonds. The number of imide groups is 1. The molecule has 5 fully saturated rings. The lowest BCUT2D eigenvalue weighted by molar-refractivity contribution is -0.134. The number of nitrogens with one attached hydrogen (secondary N) is 4. The fourth-order valence-corrected chi connectivity index (χ4v) is 9.98. The number of anilines is 3. The minimum atomic E-state index is -2.87. The smallest absolute Gasteiger partial charge is 0.284 e. The number of hydrogen-bond donors (Lipinski definition) is 4. The highest BCUT2D eigenvalue weighted by Gasteiger charge is 2.35. The van der Waals surface area contributed by atoms with Crippen LogP contribution in [-0.4, -0.2) is 127 Å². The molecule has 5 aromatic rings. The second-order valence-electron chi connectivity index (χ2n) is 17.4. The summed E-state index contributed by atoms with van der Waals surface area (Å²) in [6.45, 7) is 5.90. The molecule has 62 heavy (non-hydrogen) atoms. The van der Waals surface area contributed by atoms with Crippen molar-refractivity contribution < 1.29 is 32.5 Å². The van der Waals surface area contributed by atoms with Gasteiger partial charge in [0.2, 0.25) is 17.7 Å². The number of rotatable bonds is 11. The number of fused-ring (bicyclic) bond motifs is 4. The summed E-state index contributed by atoms with van der Waals surface area (Å²) in [6, 6.07) is 7.96. The van der Waals surface area contributed by atoms with Crippen molar-refractivity contribution in [3.63, 3.8) is 0 Å². The number of carbonyl (C=O) groups is 4. The third kappa shape index (κ3) is 8.13. The van der Waals surface area contributed by atoms with E-state index in [9.17, 15) is 28.0 Å². The summed E-state index contributed by atoms with van der Waals surface area (Å²) in [5.74, 6) is -0.849. The Balaban J connectivity index is 0.699. The lowest BCUT2D eigenvalue weighted by Gasteiger charge is -2.38. The van der Waals surface area contributed by atoms with Crippen LogP contribution in [0.15, 0.2) is 47.4 Å². The predicted octanol–water partition coefficient (Wildman–Crippen LogP) is 3.71. The molecule has 0 radical (unpaired) electrons. The van der Waals surface area contributed by atoms with Crippen molar-refractivity contribution in [1.29, 1.82) is 0 Å². The van der Waals surface area contributed by atoms with E-state index in [1.165, 1.54) is 16.9 Å². The predicted molar refractivity (Wildman–Crippen MR) is 222 cm³/mol. The molecule has 0 spiro atoms. The number of para-hydroxylation sites is 1. The highest BCUT2D eigenvalue weighted by atomic mass is 19.3. The van der Waals surface area contributed by atoms with Crippen LogP contribution in [0.4, 0.5) is 26.0 Å². The van der Waals surface area contributed by atoms with Gasteiger partial charge < -0.3 is 30.3 Å². The Hall–Kier alpha value is -5.86. The fraction of sp³-hybridized carbons (Fsp3) is 0.524. The summed E-state index contributed by atoms with van der Waals surface area (Å²) < 4.78 is 37.3. The molecular weight excluding hydrogens is 805 g/mol. The van der Waals surface area contributed by atoms with Crippen molar-refractivity contribution in [2.75, 3.05) is 67.9 Å². The van der Waals surface area contributed by atoms with Crippen LogP contribution in [0.5, 0.6) is 0 Å². The van der Waals surface area contributed by atoms with Gasteiger partial charge in [-0.2, -0.15) is 10.2 Å². The van der Waals surface area contributed by atoms with Crippen molar-refractivity contribution in [3.05, 3.63) is 59.8 Å². The number of hydrogen-bond acceptors (Lipinski definition) is 13. The van der Waals surface area contributed by atoms with E-state index in [4.69, 9.17) is 9.51 Å².